The summed E-state index contributed by atoms with van der Waals surface area (Å²) in [4.78, 5) is 53.3. The Morgan fingerprint density at radius 2 is 1.09 bits per heavy atom. The highest BCUT2D eigenvalue weighted by Crippen LogP contribution is 2.33. The number of nitrogens with zero attached hydrogens (tertiary/aromatic N) is 2. The van der Waals surface area contributed by atoms with Crippen molar-refractivity contribution in [2.24, 2.45) is 17.7 Å². The number of ketones is 1. The minimum Gasteiger partial charge on any atom is -0.481 e. The average Bonchev–Trinajstić information content (AvgIpc) is 3.18. The highest BCUT2D eigenvalue weighted by atomic mass is 35.5. The molecule has 0 aliphatic heterocycles. The monoisotopic (exact) mass is 855 g/mol. The zero-order valence-electron chi connectivity index (χ0n) is 31.3. The van der Waals surface area contributed by atoms with Crippen LogP contribution in [0.3, 0.4) is 0 Å². The van der Waals surface area contributed by atoms with E-state index >= 15 is 0 Å². The van der Waals surface area contributed by atoms with E-state index in [4.69, 9.17) is 70.5 Å². The molecule has 300 valence electrons. The van der Waals surface area contributed by atoms with Crippen molar-refractivity contribution in [2.45, 2.75) is 52.7 Å². The third-order valence-corrected chi connectivity index (χ3v) is 10.2. The number of aliphatic carboxylic acids is 1. The summed E-state index contributed by atoms with van der Waals surface area (Å²) in [5, 5.41) is 32.9. The number of nitrogens with one attached hydrogen (secondary N) is 2. The Kier molecular flexibility index (Phi) is 19.6. The molecule has 0 bridgehead atoms. The van der Waals surface area contributed by atoms with Gasteiger partial charge < -0.3 is 20.6 Å². The SMILES string of the molecule is NNC(=O)c1ccc(Cl)cc1.[C-]#[N+]c1ccc(C[C@@H](C(=O)NCC(=O)c2ccc(Cl)cc2)[C@@H](C)O)c(C)c1Cl.[C-]#[N+]c1ccc(C[C@@H](C(=O)O)[C@@H](C)O)c(C)c1Cl. The molecule has 4 rings (SSSR count). The van der Waals surface area contributed by atoms with E-state index in [2.05, 4.69) is 15.0 Å². The van der Waals surface area contributed by atoms with Crippen molar-refractivity contribution in [1.29, 1.82) is 0 Å². The molecule has 0 heterocycles. The molecule has 7 N–H and O–H groups in total. The van der Waals surface area contributed by atoms with Crippen molar-refractivity contribution in [3.05, 3.63) is 149 Å². The fourth-order valence-electron chi connectivity index (χ4n) is 5.18. The van der Waals surface area contributed by atoms with E-state index in [0.29, 0.717) is 53.7 Å². The smallest absolute Gasteiger partial charge is 0.309 e. The number of carbonyl (C=O) groups excluding carboxylic acids is 3. The summed E-state index contributed by atoms with van der Waals surface area (Å²) in [5.41, 5.74) is 6.54. The Balaban J connectivity index is 0.000000329. The Bertz CT molecular complexity index is 2130. The van der Waals surface area contributed by atoms with Gasteiger partial charge >= 0.3 is 5.97 Å². The lowest BCUT2D eigenvalue weighted by molar-refractivity contribution is -0.145. The quantitative estimate of drug-likeness (QED) is 0.0271. The predicted octanol–water partition coefficient (Wildman–Crippen LogP) is 8.16. The second-order valence-electron chi connectivity index (χ2n) is 12.7. The number of amides is 2. The summed E-state index contributed by atoms with van der Waals surface area (Å²) < 4.78 is 0. The number of aliphatic hydroxyl groups is 2. The van der Waals surface area contributed by atoms with Crippen LogP contribution in [0.4, 0.5) is 11.4 Å². The van der Waals surface area contributed by atoms with Crippen molar-refractivity contribution >= 4 is 81.3 Å². The van der Waals surface area contributed by atoms with Crippen LogP contribution in [-0.2, 0) is 22.4 Å². The lowest BCUT2D eigenvalue weighted by Gasteiger charge is -2.21. The molecule has 0 aliphatic rings. The van der Waals surface area contributed by atoms with E-state index in [1.807, 2.05) is 5.43 Å². The fourth-order valence-corrected chi connectivity index (χ4v) is 5.88. The molecule has 12 nitrogen and oxygen atoms in total. The molecule has 0 saturated heterocycles. The van der Waals surface area contributed by atoms with Crippen LogP contribution in [0.2, 0.25) is 20.1 Å². The molecule has 16 heteroatoms. The van der Waals surface area contributed by atoms with Gasteiger partial charge in [0.1, 0.15) is 0 Å². The largest absolute Gasteiger partial charge is 0.481 e. The summed E-state index contributed by atoms with van der Waals surface area (Å²) in [7, 11) is 0. The normalized spacial score (nSPS) is 12.4. The molecule has 4 aromatic carbocycles. The van der Waals surface area contributed by atoms with E-state index in [1.54, 1.807) is 86.6 Å². The van der Waals surface area contributed by atoms with Crippen LogP contribution in [0, 0.1) is 38.8 Å². The van der Waals surface area contributed by atoms with Gasteiger partial charge in [-0.3, -0.25) is 24.6 Å². The molecule has 0 fully saturated rings. The molecular formula is C41H41Cl4N5O7. The number of benzene rings is 4. The highest BCUT2D eigenvalue weighted by Gasteiger charge is 2.26. The van der Waals surface area contributed by atoms with Crippen LogP contribution in [0.25, 0.3) is 9.69 Å². The average molecular weight is 858 g/mol. The second-order valence-corrected chi connectivity index (χ2v) is 14.3. The van der Waals surface area contributed by atoms with Gasteiger partial charge in [-0.05, 0) is 111 Å². The molecule has 4 atom stereocenters. The summed E-state index contributed by atoms with van der Waals surface area (Å²) in [6, 6.07) is 19.4. The van der Waals surface area contributed by atoms with Crippen molar-refractivity contribution in [3.63, 3.8) is 0 Å². The summed E-state index contributed by atoms with van der Waals surface area (Å²) in [6.07, 6.45) is -1.44. The van der Waals surface area contributed by atoms with Crippen LogP contribution < -0.4 is 16.6 Å². The van der Waals surface area contributed by atoms with Crippen LogP contribution in [0.5, 0.6) is 0 Å². The number of nitrogen functional groups attached to an aromatic ring is 1. The van der Waals surface area contributed by atoms with E-state index < -0.39 is 35.9 Å². The van der Waals surface area contributed by atoms with Crippen molar-refractivity contribution in [3.8, 4) is 0 Å². The van der Waals surface area contributed by atoms with Gasteiger partial charge in [0, 0.05) is 21.2 Å². The summed E-state index contributed by atoms with van der Waals surface area (Å²) in [6.45, 7) is 20.3. The van der Waals surface area contributed by atoms with Gasteiger partial charge in [-0.25, -0.2) is 15.5 Å². The molecule has 57 heavy (non-hydrogen) atoms. The molecule has 2 amide bonds. The van der Waals surface area contributed by atoms with Crippen LogP contribution >= 0.6 is 46.4 Å². The fraction of sp³-hybridized carbons (Fsp3) is 0.268. The maximum Gasteiger partial charge on any atom is 0.309 e. The van der Waals surface area contributed by atoms with Crippen molar-refractivity contribution in [1.82, 2.24) is 10.7 Å². The predicted molar refractivity (Wildman–Crippen MR) is 222 cm³/mol. The van der Waals surface area contributed by atoms with Crippen molar-refractivity contribution in [2.75, 3.05) is 6.54 Å². The second kappa shape index (κ2) is 23.3. The maximum atomic E-state index is 12.6. The van der Waals surface area contributed by atoms with E-state index in [-0.39, 0.29) is 31.1 Å². The van der Waals surface area contributed by atoms with Gasteiger partial charge in [0.25, 0.3) is 5.91 Å². The Morgan fingerprint density at radius 1 is 0.684 bits per heavy atom. The number of hydrogen-bond acceptors (Lipinski definition) is 7. The lowest BCUT2D eigenvalue weighted by Crippen LogP contribution is -2.40. The highest BCUT2D eigenvalue weighted by molar-refractivity contribution is 6.34. The van der Waals surface area contributed by atoms with Crippen molar-refractivity contribution < 1.29 is 34.5 Å². The number of hydrogen-bond donors (Lipinski definition) is 6. The third-order valence-electron chi connectivity index (χ3n) is 8.72. The van der Waals surface area contributed by atoms with Crippen LogP contribution in [-0.4, -0.2) is 57.6 Å². The molecule has 0 aliphatic carbocycles. The standard InChI is InChI=1S/C21H20Cl2N2O3.C13H14ClNO3.C7H7ClN2O/c1-12-15(6-9-18(24-3)20(12)23)10-17(13(2)26)21(28)25-11-19(27)14-4-7-16(22)8-5-14;1-7-9(4-5-11(15-3)12(7)14)6-10(8(2)16)13(17)18;8-6-3-1-5(2-4-6)7(11)10-9/h4-9,13,17,26H,10-11H2,1-2H3,(H,25,28);4-5,8,10,16H,6H2,1-2H3,(H,17,18);1-4H,9H2,(H,10,11)/t13-,17-;8-,10-;/m11./s1. The zero-order chi connectivity index (χ0) is 43.0. The number of carboxylic acid groups (broad SMARTS) is 1. The van der Waals surface area contributed by atoms with Gasteiger partial charge in [-0.15, -0.1) is 0 Å². The number of rotatable bonds is 12. The number of carboxylic acids is 1. The van der Waals surface area contributed by atoms with Gasteiger partial charge in [0.05, 0.1) is 53.8 Å². The minimum atomic E-state index is -1.05. The third kappa shape index (κ3) is 14.5. The number of Topliss-reactive ketones (excluding diaryl/α,β-unsaturated/α-hetero) is 1. The molecule has 0 radical (unpaired) electrons. The number of aliphatic hydroxyl groups excluding tert-OH is 2. The van der Waals surface area contributed by atoms with E-state index in [0.717, 1.165) is 11.1 Å². The number of nitrogens with two attached hydrogens (primary N) is 1. The molecule has 0 spiro atoms. The van der Waals surface area contributed by atoms with Gasteiger partial charge in [0.2, 0.25) is 17.3 Å². The number of carbonyl (C=O) groups is 4. The Hall–Kier alpha value is -5.02. The molecule has 0 unspecified atom stereocenters. The summed E-state index contributed by atoms with van der Waals surface area (Å²) in [5.74, 6) is 1.23. The first kappa shape index (κ1) is 48.1. The first-order valence-electron chi connectivity index (χ1n) is 17.1. The van der Waals surface area contributed by atoms with E-state index in [9.17, 15) is 29.4 Å². The van der Waals surface area contributed by atoms with E-state index in [1.165, 1.54) is 13.8 Å². The molecule has 4 aromatic rings. The first-order valence-corrected chi connectivity index (χ1v) is 18.6. The molecular weight excluding hydrogens is 816 g/mol. The number of hydrazine groups is 1. The Labute approximate surface area is 351 Å². The van der Waals surface area contributed by atoms with Crippen LogP contribution in [0.15, 0.2) is 72.8 Å². The first-order chi connectivity index (χ1) is 26.9. The maximum absolute atomic E-state index is 12.6. The summed E-state index contributed by atoms with van der Waals surface area (Å²) >= 11 is 23.6. The minimum absolute atomic E-state index is 0.180. The number of halogens is 4. The van der Waals surface area contributed by atoms with Gasteiger partial charge in [-0.1, -0.05) is 70.7 Å². The molecule has 0 aromatic heterocycles. The topological polar surface area (TPSA) is 188 Å². The Morgan fingerprint density at radius 3 is 1.46 bits per heavy atom. The van der Waals surface area contributed by atoms with Gasteiger partial charge in [-0.2, -0.15) is 0 Å². The molecule has 0 saturated carbocycles. The lowest BCUT2D eigenvalue weighted by atomic mass is 9.91. The van der Waals surface area contributed by atoms with Crippen LogP contribution in [0.1, 0.15) is 56.8 Å². The zero-order valence-corrected chi connectivity index (χ0v) is 34.3. The van der Waals surface area contributed by atoms with Gasteiger partial charge in [0.15, 0.2) is 5.78 Å².